The second-order valence-electron chi connectivity index (χ2n) is 4.82. The number of hydrogen-bond acceptors (Lipinski definition) is 5. The van der Waals surface area contributed by atoms with E-state index in [9.17, 15) is 15.0 Å². The molecule has 0 spiro atoms. The molecule has 21 heavy (non-hydrogen) atoms. The Morgan fingerprint density at radius 1 is 1.14 bits per heavy atom. The number of hydrogen-bond donors (Lipinski definition) is 2. The fraction of sp³-hybridized carbons (Fsp3) is 0.188. The van der Waals surface area contributed by atoms with Crippen LogP contribution in [0, 0.1) is 0 Å². The number of aromatic hydroxyl groups is 2. The van der Waals surface area contributed by atoms with Crippen molar-refractivity contribution in [2.24, 2.45) is 0 Å². The van der Waals surface area contributed by atoms with Gasteiger partial charge in [-0.3, -0.25) is 4.79 Å². The first-order valence-corrected chi connectivity index (χ1v) is 6.49. The molecule has 1 aliphatic rings. The predicted molar refractivity (Wildman–Crippen MR) is 75.1 cm³/mol. The lowest BCUT2D eigenvalue weighted by Gasteiger charge is -2.27. The van der Waals surface area contributed by atoms with Crippen LogP contribution in [0.2, 0.25) is 0 Å². The van der Waals surface area contributed by atoms with Crippen molar-refractivity contribution < 1.29 is 24.5 Å². The van der Waals surface area contributed by atoms with Gasteiger partial charge < -0.3 is 19.7 Å². The van der Waals surface area contributed by atoms with E-state index in [1.165, 1.54) is 19.2 Å². The molecule has 2 aromatic carbocycles. The summed E-state index contributed by atoms with van der Waals surface area (Å²) in [6.07, 6.45) is -0.271. The van der Waals surface area contributed by atoms with E-state index in [0.29, 0.717) is 5.56 Å². The van der Waals surface area contributed by atoms with Crippen LogP contribution in [-0.2, 0) is 0 Å². The number of phenolic OH excluding ortho intramolecular Hbond substituents is 2. The molecule has 5 nitrogen and oxygen atoms in total. The van der Waals surface area contributed by atoms with Crippen molar-refractivity contribution in [2.45, 2.75) is 12.5 Å². The van der Waals surface area contributed by atoms with Crippen LogP contribution in [0.4, 0.5) is 0 Å². The van der Waals surface area contributed by atoms with E-state index in [-0.39, 0.29) is 35.2 Å². The highest BCUT2D eigenvalue weighted by Gasteiger charge is 2.31. The van der Waals surface area contributed by atoms with Crippen LogP contribution >= 0.6 is 0 Å². The molecule has 0 amide bonds. The van der Waals surface area contributed by atoms with Gasteiger partial charge in [0.25, 0.3) is 0 Å². The van der Waals surface area contributed by atoms with E-state index >= 15 is 0 Å². The second kappa shape index (κ2) is 5.01. The first kappa shape index (κ1) is 13.3. The van der Waals surface area contributed by atoms with E-state index in [4.69, 9.17) is 9.47 Å². The van der Waals surface area contributed by atoms with Crippen LogP contribution < -0.4 is 9.47 Å². The average Bonchev–Trinajstić information content (AvgIpc) is 2.47. The molecule has 1 atom stereocenters. The number of rotatable bonds is 2. The molecule has 0 aromatic heterocycles. The van der Waals surface area contributed by atoms with E-state index in [1.54, 1.807) is 24.3 Å². The Labute approximate surface area is 121 Å². The highest BCUT2D eigenvalue weighted by atomic mass is 16.5. The number of methoxy groups -OCH3 is 1. The smallest absolute Gasteiger partial charge is 0.203 e. The van der Waals surface area contributed by atoms with Crippen molar-refractivity contribution in [3.05, 3.63) is 47.5 Å². The summed E-state index contributed by atoms with van der Waals surface area (Å²) >= 11 is 0. The van der Waals surface area contributed by atoms with Crippen molar-refractivity contribution >= 4 is 5.78 Å². The zero-order valence-electron chi connectivity index (χ0n) is 11.4. The van der Waals surface area contributed by atoms with E-state index in [2.05, 4.69) is 0 Å². The van der Waals surface area contributed by atoms with Crippen LogP contribution in [0.15, 0.2) is 36.4 Å². The number of benzene rings is 2. The molecule has 1 unspecified atom stereocenters. The number of Topliss-reactive ketones (excluding diaryl/α,β-unsaturated/α-hetero) is 1. The Morgan fingerprint density at radius 2 is 1.86 bits per heavy atom. The third-order valence-corrected chi connectivity index (χ3v) is 3.49. The lowest BCUT2D eigenvalue weighted by atomic mass is 9.96. The number of ether oxygens (including phenoxy) is 2. The van der Waals surface area contributed by atoms with Crippen LogP contribution in [-0.4, -0.2) is 23.1 Å². The van der Waals surface area contributed by atoms with E-state index in [0.717, 1.165) is 5.56 Å². The molecule has 0 saturated carbocycles. The first-order chi connectivity index (χ1) is 10.1. The molecule has 0 bridgehead atoms. The fourth-order valence-corrected chi connectivity index (χ4v) is 2.42. The zero-order chi connectivity index (χ0) is 15.0. The predicted octanol–water partition coefficient (Wildman–Crippen LogP) is 2.81. The number of phenols is 2. The summed E-state index contributed by atoms with van der Waals surface area (Å²) in [4.78, 5) is 12.2. The van der Waals surface area contributed by atoms with Crippen molar-refractivity contribution in [3.8, 4) is 23.0 Å². The molecule has 108 valence electrons. The minimum absolute atomic E-state index is 0.0737. The molecular weight excluding hydrogens is 272 g/mol. The molecule has 3 rings (SSSR count). The molecule has 5 heteroatoms. The molecule has 2 N–H and O–H groups in total. The van der Waals surface area contributed by atoms with E-state index < -0.39 is 6.10 Å². The van der Waals surface area contributed by atoms with E-state index in [1.807, 2.05) is 0 Å². The maximum atomic E-state index is 12.2. The van der Waals surface area contributed by atoms with Crippen LogP contribution in [0.25, 0.3) is 0 Å². The lowest BCUT2D eigenvalue weighted by Crippen LogP contribution is -2.20. The van der Waals surface area contributed by atoms with Crippen molar-refractivity contribution in [1.29, 1.82) is 0 Å². The minimum Gasteiger partial charge on any atom is -0.508 e. The van der Waals surface area contributed by atoms with Crippen molar-refractivity contribution in [2.75, 3.05) is 7.11 Å². The lowest BCUT2D eigenvalue weighted by molar-refractivity contribution is 0.0841. The highest BCUT2D eigenvalue weighted by molar-refractivity contribution is 6.01. The molecule has 0 aliphatic carbocycles. The molecular formula is C16H14O5. The summed E-state index contributed by atoms with van der Waals surface area (Å²) < 4.78 is 11.0. The van der Waals surface area contributed by atoms with Gasteiger partial charge in [0.05, 0.1) is 19.1 Å². The van der Waals surface area contributed by atoms with Gasteiger partial charge in [0, 0.05) is 0 Å². The largest absolute Gasteiger partial charge is 0.508 e. The minimum atomic E-state index is -0.471. The van der Waals surface area contributed by atoms with Crippen molar-refractivity contribution in [3.63, 3.8) is 0 Å². The maximum absolute atomic E-state index is 12.2. The van der Waals surface area contributed by atoms with Gasteiger partial charge in [-0.25, -0.2) is 0 Å². The Balaban J connectivity index is 2.03. The van der Waals surface area contributed by atoms with Crippen LogP contribution in [0.1, 0.15) is 28.4 Å². The number of carbonyl (C=O) groups is 1. The maximum Gasteiger partial charge on any atom is 0.203 e. The molecule has 1 heterocycles. The molecule has 2 aromatic rings. The molecule has 0 radical (unpaired) electrons. The summed E-state index contributed by atoms with van der Waals surface area (Å²) in [7, 11) is 1.41. The van der Waals surface area contributed by atoms with Gasteiger partial charge in [-0.05, 0) is 29.8 Å². The van der Waals surface area contributed by atoms with Gasteiger partial charge in [0.2, 0.25) is 5.75 Å². The SMILES string of the molecule is COc1c(O)ccc2c1OC(c1ccc(O)cc1)CC2=O. The summed E-state index contributed by atoms with van der Waals surface area (Å²) in [5, 5.41) is 19.1. The molecule has 0 fully saturated rings. The van der Waals surface area contributed by atoms with Crippen LogP contribution in [0.5, 0.6) is 23.0 Å². The molecule has 0 saturated heterocycles. The summed E-state index contributed by atoms with van der Waals surface area (Å²) in [5.41, 5.74) is 1.18. The first-order valence-electron chi connectivity index (χ1n) is 6.49. The summed E-state index contributed by atoms with van der Waals surface area (Å²) in [6, 6.07) is 9.43. The average molecular weight is 286 g/mol. The summed E-state index contributed by atoms with van der Waals surface area (Å²) in [6.45, 7) is 0. The monoisotopic (exact) mass is 286 g/mol. The van der Waals surface area contributed by atoms with Gasteiger partial charge in [0.1, 0.15) is 11.9 Å². The quantitative estimate of drug-likeness (QED) is 0.887. The number of carbonyl (C=O) groups excluding carboxylic acids is 1. The van der Waals surface area contributed by atoms with Crippen molar-refractivity contribution in [1.82, 2.24) is 0 Å². The highest BCUT2D eigenvalue weighted by Crippen LogP contribution is 2.45. The standard InChI is InChI=1S/C16H14O5/c1-20-16-12(18)7-6-11-13(19)8-14(21-15(11)16)9-2-4-10(17)5-3-9/h2-7,14,17-18H,8H2,1H3. The third kappa shape index (κ3) is 2.27. The second-order valence-corrected chi connectivity index (χ2v) is 4.82. The number of fused-ring (bicyclic) bond motifs is 1. The molecule has 1 aliphatic heterocycles. The third-order valence-electron chi connectivity index (χ3n) is 3.49. The normalized spacial score (nSPS) is 17.0. The van der Waals surface area contributed by atoms with Gasteiger partial charge in [-0.2, -0.15) is 0 Å². The Hall–Kier alpha value is -2.69. The Bertz CT molecular complexity index is 691. The fourth-order valence-electron chi connectivity index (χ4n) is 2.42. The summed E-state index contributed by atoms with van der Waals surface area (Å²) in [5.74, 6) is 0.413. The topological polar surface area (TPSA) is 76.0 Å². The zero-order valence-corrected chi connectivity index (χ0v) is 11.4. The Kier molecular flexibility index (Phi) is 3.17. The van der Waals surface area contributed by atoms with Gasteiger partial charge in [0.15, 0.2) is 17.3 Å². The van der Waals surface area contributed by atoms with Gasteiger partial charge >= 0.3 is 0 Å². The van der Waals surface area contributed by atoms with Crippen LogP contribution in [0.3, 0.4) is 0 Å². The van der Waals surface area contributed by atoms with Gasteiger partial charge in [-0.15, -0.1) is 0 Å². The van der Waals surface area contributed by atoms with Gasteiger partial charge in [-0.1, -0.05) is 12.1 Å². The number of ketones is 1. The Morgan fingerprint density at radius 3 is 2.52 bits per heavy atom.